The molecule has 1 aliphatic carbocycles. The zero-order valence-electron chi connectivity index (χ0n) is 12.1. The third kappa shape index (κ3) is 4.82. The molecule has 2 unspecified atom stereocenters. The van der Waals surface area contributed by atoms with Crippen LogP contribution in [0.3, 0.4) is 0 Å². The minimum absolute atomic E-state index is 0.0315. The SMILES string of the molecule is CS(=O)(=O)Cc1ccc(C(=O)NC2CCCCC2O)cc1. The topological polar surface area (TPSA) is 83.5 Å². The Morgan fingerprint density at radius 3 is 2.43 bits per heavy atom. The van der Waals surface area contributed by atoms with Crippen LogP contribution in [0.1, 0.15) is 41.6 Å². The second kappa shape index (κ2) is 6.58. The molecule has 0 bridgehead atoms. The predicted molar refractivity (Wildman–Crippen MR) is 80.7 cm³/mol. The molecule has 5 nitrogen and oxygen atoms in total. The van der Waals surface area contributed by atoms with Gasteiger partial charge in [0.05, 0.1) is 17.9 Å². The fourth-order valence-corrected chi connectivity index (χ4v) is 3.38. The molecule has 2 rings (SSSR count). The zero-order chi connectivity index (χ0) is 15.5. The lowest BCUT2D eigenvalue weighted by atomic mass is 9.92. The van der Waals surface area contributed by atoms with Gasteiger partial charge in [-0.25, -0.2) is 8.42 Å². The number of benzene rings is 1. The van der Waals surface area contributed by atoms with E-state index in [-0.39, 0.29) is 17.7 Å². The minimum Gasteiger partial charge on any atom is -0.391 e. The summed E-state index contributed by atoms with van der Waals surface area (Å²) in [5, 5.41) is 12.7. The van der Waals surface area contributed by atoms with Gasteiger partial charge in [0.15, 0.2) is 9.84 Å². The van der Waals surface area contributed by atoms with E-state index in [2.05, 4.69) is 5.32 Å². The fourth-order valence-electron chi connectivity index (χ4n) is 2.59. The van der Waals surface area contributed by atoms with Gasteiger partial charge in [0.25, 0.3) is 5.91 Å². The lowest BCUT2D eigenvalue weighted by Gasteiger charge is -2.28. The third-order valence-electron chi connectivity index (χ3n) is 3.69. The summed E-state index contributed by atoms with van der Waals surface area (Å²) in [6, 6.07) is 6.33. The molecule has 0 saturated heterocycles. The Kier molecular flexibility index (Phi) is 5.00. The number of sulfone groups is 1. The molecular weight excluding hydrogens is 290 g/mol. The molecule has 0 spiro atoms. The highest BCUT2D eigenvalue weighted by Gasteiger charge is 2.24. The molecule has 0 heterocycles. The van der Waals surface area contributed by atoms with Crippen molar-refractivity contribution < 1.29 is 18.3 Å². The van der Waals surface area contributed by atoms with Crippen LogP contribution in [0.2, 0.25) is 0 Å². The summed E-state index contributed by atoms with van der Waals surface area (Å²) >= 11 is 0. The van der Waals surface area contributed by atoms with Crippen molar-refractivity contribution in [3.8, 4) is 0 Å². The molecule has 21 heavy (non-hydrogen) atoms. The number of carbonyl (C=O) groups is 1. The Hall–Kier alpha value is -1.40. The van der Waals surface area contributed by atoms with Crippen LogP contribution >= 0.6 is 0 Å². The van der Waals surface area contributed by atoms with Crippen LogP contribution in [0.15, 0.2) is 24.3 Å². The van der Waals surface area contributed by atoms with E-state index in [4.69, 9.17) is 0 Å². The zero-order valence-corrected chi connectivity index (χ0v) is 12.9. The molecule has 1 aromatic carbocycles. The van der Waals surface area contributed by atoms with E-state index in [1.54, 1.807) is 24.3 Å². The lowest BCUT2D eigenvalue weighted by Crippen LogP contribution is -2.45. The number of hydrogen-bond acceptors (Lipinski definition) is 4. The lowest BCUT2D eigenvalue weighted by molar-refractivity contribution is 0.0717. The summed E-state index contributed by atoms with van der Waals surface area (Å²) in [6.45, 7) is 0. The van der Waals surface area contributed by atoms with Gasteiger partial charge in [-0.05, 0) is 30.5 Å². The van der Waals surface area contributed by atoms with Crippen molar-refractivity contribution in [3.05, 3.63) is 35.4 Å². The number of aliphatic hydroxyl groups excluding tert-OH is 1. The van der Waals surface area contributed by atoms with Crippen LogP contribution in [0.5, 0.6) is 0 Å². The molecule has 1 saturated carbocycles. The first-order valence-electron chi connectivity index (χ1n) is 7.11. The number of aliphatic hydroxyl groups is 1. The number of rotatable bonds is 4. The Labute approximate surface area is 125 Å². The Morgan fingerprint density at radius 1 is 1.24 bits per heavy atom. The van der Waals surface area contributed by atoms with E-state index >= 15 is 0 Å². The molecule has 2 N–H and O–H groups in total. The Bertz CT molecular complexity index is 595. The van der Waals surface area contributed by atoms with Gasteiger partial charge in [-0.3, -0.25) is 4.79 Å². The third-order valence-corrected chi connectivity index (χ3v) is 4.55. The average Bonchev–Trinajstić information content (AvgIpc) is 2.40. The monoisotopic (exact) mass is 311 g/mol. The van der Waals surface area contributed by atoms with Gasteiger partial charge < -0.3 is 10.4 Å². The molecule has 6 heteroatoms. The van der Waals surface area contributed by atoms with E-state index in [1.165, 1.54) is 6.26 Å². The first kappa shape index (κ1) is 16.0. The Balaban J connectivity index is 1.99. The average molecular weight is 311 g/mol. The van der Waals surface area contributed by atoms with Crippen molar-refractivity contribution in [1.82, 2.24) is 5.32 Å². The highest BCUT2D eigenvalue weighted by atomic mass is 32.2. The standard InChI is InChI=1S/C15H21NO4S/c1-21(19,20)10-11-6-8-12(9-7-11)15(18)16-13-4-2-3-5-14(13)17/h6-9,13-14,17H,2-5,10H2,1H3,(H,16,18). The maximum absolute atomic E-state index is 12.1. The molecule has 0 radical (unpaired) electrons. The van der Waals surface area contributed by atoms with Gasteiger partial charge in [-0.1, -0.05) is 25.0 Å². The van der Waals surface area contributed by atoms with Gasteiger partial charge in [-0.2, -0.15) is 0 Å². The summed E-state index contributed by atoms with van der Waals surface area (Å²) < 4.78 is 22.4. The van der Waals surface area contributed by atoms with E-state index in [0.29, 0.717) is 11.1 Å². The number of hydrogen-bond donors (Lipinski definition) is 2. The van der Waals surface area contributed by atoms with Gasteiger partial charge in [0.1, 0.15) is 0 Å². The summed E-state index contributed by atoms with van der Waals surface area (Å²) in [6.07, 6.45) is 4.21. The number of carbonyl (C=O) groups excluding carboxylic acids is 1. The normalized spacial score (nSPS) is 22.8. The summed E-state index contributed by atoms with van der Waals surface area (Å²) in [5.74, 6) is -0.261. The van der Waals surface area contributed by atoms with Crippen molar-refractivity contribution in [1.29, 1.82) is 0 Å². The molecule has 0 aliphatic heterocycles. The van der Waals surface area contributed by atoms with Gasteiger partial charge in [-0.15, -0.1) is 0 Å². The van der Waals surface area contributed by atoms with Crippen LogP contribution in [-0.2, 0) is 15.6 Å². The fraction of sp³-hybridized carbons (Fsp3) is 0.533. The van der Waals surface area contributed by atoms with Crippen molar-refractivity contribution in [2.45, 2.75) is 43.6 Å². The number of amides is 1. The molecule has 1 aromatic rings. The summed E-state index contributed by atoms with van der Waals surface area (Å²) in [7, 11) is -3.07. The quantitative estimate of drug-likeness (QED) is 0.877. The van der Waals surface area contributed by atoms with Crippen LogP contribution in [-0.4, -0.2) is 37.8 Å². The van der Waals surface area contributed by atoms with E-state index in [9.17, 15) is 18.3 Å². The maximum Gasteiger partial charge on any atom is 0.251 e. The van der Waals surface area contributed by atoms with Gasteiger partial charge in [0, 0.05) is 11.8 Å². The molecular formula is C15H21NO4S. The molecule has 0 aromatic heterocycles. The van der Waals surface area contributed by atoms with E-state index in [1.807, 2.05) is 0 Å². The maximum atomic E-state index is 12.1. The van der Waals surface area contributed by atoms with Gasteiger partial charge in [0.2, 0.25) is 0 Å². The van der Waals surface area contributed by atoms with Crippen LogP contribution < -0.4 is 5.32 Å². The van der Waals surface area contributed by atoms with Crippen LogP contribution in [0, 0.1) is 0 Å². The molecule has 1 amide bonds. The van der Waals surface area contributed by atoms with E-state index < -0.39 is 15.9 Å². The predicted octanol–water partition coefficient (Wildman–Crippen LogP) is 1.26. The van der Waals surface area contributed by atoms with Crippen molar-refractivity contribution in [2.75, 3.05) is 6.26 Å². The summed E-state index contributed by atoms with van der Waals surface area (Å²) in [4.78, 5) is 12.1. The molecule has 1 fully saturated rings. The summed E-state index contributed by atoms with van der Waals surface area (Å²) in [5.41, 5.74) is 1.14. The smallest absolute Gasteiger partial charge is 0.251 e. The minimum atomic E-state index is -3.07. The van der Waals surface area contributed by atoms with Gasteiger partial charge >= 0.3 is 0 Å². The van der Waals surface area contributed by atoms with Crippen molar-refractivity contribution >= 4 is 15.7 Å². The molecule has 1 aliphatic rings. The Morgan fingerprint density at radius 2 is 1.86 bits per heavy atom. The highest BCUT2D eigenvalue weighted by molar-refractivity contribution is 7.89. The largest absolute Gasteiger partial charge is 0.391 e. The highest BCUT2D eigenvalue weighted by Crippen LogP contribution is 2.19. The first-order chi connectivity index (χ1) is 9.85. The second-order valence-corrected chi connectivity index (χ2v) is 7.84. The second-order valence-electron chi connectivity index (χ2n) is 5.70. The van der Waals surface area contributed by atoms with Crippen molar-refractivity contribution in [3.63, 3.8) is 0 Å². The van der Waals surface area contributed by atoms with Crippen LogP contribution in [0.4, 0.5) is 0 Å². The van der Waals surface area contributed by atoms with E-state index in [0.717, 1.165) is 25.7 Å². The molecule has 2 atom stereocenters. The van der Waals surface area contributed by atoms with Crippen molar-refractivity contribution in [2.24, 2.45) is 0 Å². The van der Waals surface area contributed by atoms with Crippen LogP contribution in [0.25, 0.3) is 0 Å². The first-order valence-corrected chi connectivity index (χ1v) is 9.17. The molecule has 116 valence electrons. The number of nitrogens with one attached hydrogen (secondary N) is 1.